The number of benzene rings is 2. The number of carbonyl (C=O) groups is 1. The van der Waals surface area contributed by atoms with Gasteiger partial charge >= 0.3 is 0 Å². The standard InChI is InChI=1S/C17H16O3.C3H9N.C2H6/c1-19-16-9-8-15-14(16)6-3-7-17(15)20-13-5-2-4-12(10-13)11-18;1-4(2)3;1-2/h2-7,10-11,16H,8-9H2,1H3;1-3H3;1-2H3. The molecule has 142 valence electrons. The predicted octanol–water partition coefficient (Wildman–Crippen LogP) is 5.13. The molecule has 26 heavy (non-hydrogen) atoms. The topological polar surface area (TPSA) is 38.8 Å². The van der Waals surface area contributed by atoms with Crippen molar-refractivity contribution in [1.29, 1.82) is 0 Å². The maximum Gasteiger partial charge on any atom is 0.150 e. The third-order valence-corrected chi connectivity index (χ3v) is 3.68. The second-order valence-corrected chi connectivity index (χ2v) is 6.22. The van der Waals surface area contributed by atoms with Gasteiger partial charge in [0.15, 0.2) is 0 Å². The molecule has 1 aliphatic carbocycles. The molecule has 0 aromatic heterocycles. The van der Waals surface area contributed by atoms with Crippen LogP contribution in [0.4, 0.5) is 0 Å². The van der Waals surface area contributed by atoms with E-state index in [1.54, 1.807) is 19.2 Å². The normalized spacial score (nSPS) is 14.5. The van der Waals surface area contributed by atoms with Crippen LogP contribution >= 0.6 is 0 Å². The fraction of sp³-hybridized carbons (Fsp3) is 0.409. The molecule has 1 unspecified atom stereocenters. The Hall–Kier alpha value is -2.17. The van der Waals surface area contributed by atoms with Crippen LogP contribution in [0.5, 0.6) is 11.5 Å². The van der Waals surface area contributed by atoms with E-state index < -0.39 is 0 Å². The molecule has 0 N–H and O–H groups in total. The van der Waals surface area contributed by atoms with Crippen LogP contribution in [0.3, 0.4) is 0 Å². The van der Waals surface area contributed by atoms with Gasteiger partial charge in [-0.2, -0.15) is 0 Å². The van der Waals surface area contributed by atoms with Crippen LogP contribution in [0.15, 0.2) is 42.5 Å². The summed E-state index contributed by atoms with van der Waals surface area (Å²) in [6.45, 7) is 4.00. The predicted molar refractivity (Wildman–Crippen MR) is 107 cm³/mol. The lowest BCUT2D eigenvalue weighted by atomic mass is 10.1. The molecule has 0 amide bonds. The fourth-order valence-electron chi connectivity index (χ4n) is 2.70. The summed E-state index contributed by atoms with van der Waals surface area (Å²) in [5.41, 5.74) is 3.03. The van der Waals surface area contributed by atoms with Gasteiger partial charge in [-0.1, -0.05) is 38.1 Å². The molecule has 4 heteroatoms. The van der Waals surface area contributed by atoms with E-state index >= 15 is 0 Å². The highest BCUT2D eigenvalue weighted by Gasteiger charge is 2.25. The Labute approximate surface area is 157 Å². The Kier molecular flexibility index (Phi) is 9.63. The third-order valence-electron chi connectivity index (χ3n) is 3.68. The van der Waals surface area contributed by atoms with Crippen LogP contribution in [-0.4, -0.2) is 39.4 Å². The zero-order valence-electron chi connectivity index (χ0n) is 16.8. The van der Waals surface area contributed by atoms with E-state index in [1.165, 1.54) is 11.1 Å². The molecular formula is C22H31NO3. The van der Waals surface area contributed by atoms with E-state index in [0.29, 0.717) is 11.3 Å². The first kappa shape index (κ1) is 21.9. The molecule has 0 heterocycles. The van der Waals surface area contributed by atoms with Gasteiger partial charge in [0.2, 0.25) is 0 Å². The molecule has 0 spiro atoms. The molecule has 0 bridgehead atoms. The van der Waals surface area contributed by atoms with Crippen LogP contribution < -0.4 is 4.74 Å². The van der Waals surface area contributed by atoms with E-state index in [9.17, 15) is 4.79 Å². The zero-order valence-corrected chi connectivity index (χ0v) is 16.8. The number of rotatable bonds is 4. The van der Waals surface area contributed by atoms with Gasteiger partial charge in [-0.25, -0.2) is 0 Å². The minimum atomic E-state index is 0.162. The summed E-state index contributed by atoms with van der Waals surface area (Å²) >= 11 is 0. The molecule has 1 atom stereocenters. The number of aldehydes is 1. The molecule has 2 aromatic carbocycles. The summed E-state index contributed by atoms with van der Waals surface area (Å²) in [6, 6.07) is 13.2. The van der Waals surface area contributed by atoms with Crippen LogP contribution in [-0.2, 0) is 11.2 Å². The third kappa shape index (κ3) is 6.28. The van der Waals surface area contributed by atoms with Crippen molar-refractivity contribution in [1.82, 2.24) is 4.90 Å². The van der Waals surface area contributed by atoms with E-state index in [-0.39, 0.29) is 6.10 Å². The smallest absolute Gasteiger partial charge is 0.150 e. The highest BCUT2D eigenvalue weighted by molar-refractivity contribution is 5.75. The summed E-state index contributed by atoms with van der Waals surface area (Å²) < 4.78 is 11.4. The summed E-state index contributed by atoms with van der Waals surface area (Å²) in [7, 11) is 7.74. The van der Waals surface area contributed by atoms with Crippen molar-refractivity contribution in [3.8, 4) is 11.5 Å². The van der Waals surface area contributed by atoms with Gasteiger partial charge in [-0.15, -0.1) is 0 Å². The van der Waals surface area contributed by atoms with Crippen LogP contribution in [0, 0.1) is 0 Å². The second-order valence-electron chi connectivity index (χ2n) is 6.22. The number of ether oxygens (including phenoxy) is 2. The van der Waals surface area contributed by atoms with E-state index in [1.807, 2.05) is 64.2 Å². The van der Waals surface area contributed by atoms with Crippen LogP contribution in [0.2, 0.25) is 0 Å². The first-order chi connectivity index (χ1) is 12.5. The van der Waals surface area contributed by atoms with Gasteiger partial charge in [-0.3, -0.25) is 4.79 Å². The number of nitrogens with zero attached hydrogens (tertiary/aromatic N) is 1. The van der Waals surface area contributed by atoms with E-state index in [0.717, 1.165) is 24.9 Å². The highest BCUT2D eigenvalue weighted by Crippen LogP contribution is 2.40. The molecule has 4 nitrogen and oxygen atoms in total. The van der Waals surface area contributed by atoms with Gasteiger partial charge in [0, 0.05) is 18.2 Å². The molecule has 2 aromatic rings. The molecule has 0 radical (unpaired) electrons. The largest absolute Gasteiger partial charge is 0.457 e. The van der Waals surface area contributed by atoms with E-state index in [2.05, 4.69) is 6.07 Å². The monoisotopic (exact) mass is 357 g/mol. The maximum atomic E-state index is 10.8. The quantitative estimate of drug-likeness (QED) is 0.711. The maximum absolute atomic E-state index is 10.8. The van der Waals surface area contributed by atoms with Crippen LogP contribution in [0.25, 0.3) is 0 Å². The van der Waals surface area contributed by atoms with Gasteiger partial charge in [0.05, 0.1) is 6.10 Å². The summed E-state index contributed by atoms with van der Waals surface area (Å²) in [5.74, 6) is 1.54. The molecule has 3 rings (SSSR count). The number of hydrogen-bond donors (Lipinski definition) is 0. The molecule has 0 saturated heterocycles. The molecule has 0 saturated carbocycles. The number of hydrogen-bond acceptors (Lipinski definition) is 4. The molecule has 0 fully saturated rings. The lowest BCUT2D eigenvalue weighted by Gasteiger charge is -2.12. The Morgan fingerprint density at radius 3 is 2.35 bits per heavy atom. The average molecular weight is 357 g/mol. The minimum Gasteiger partial charge on any atom is -0.457 e. The Morgan fingerprint density at radius 1 is 1.08 bits per heavy atom. The van der Waals surface area contributed by atoms with E-state index in [4.69, 9.17) is 9.47 Å². The summed E-state index contributed by atoms with van der Waals surface area (Å²) in [5, 5.41) is 0. The van der Waals surface area contributed by atoms with Crippen molar-refractivity contribution in [2.75, 3.05) is 28.3 Å². The van der Waals surface area contributed by atoms with Crippen LogP contribution in [0.1, 0.15) is 47.9 Å². The minimum absolute atomic E-state index is 0.162. The molecular weight excluding hydrogens is 326 g/mol. The fourth-order valence-corrected chi connectivity index (χ4v) is 2.70. The Bertz CT molecular complexity index is 680. The number of carbonyl (C=O) groups excluding carboxylic acids is 1. The Balaban J connectivity index is 0.000000500. The second kappa shape index (κ2) is 11.4. The van der Waals surface area contributed by atoms with Gasteiger partial charge in [-0.05, 0) is 57.7 Å². The highest BCUT2D eigenvalue weighted by atomic mass is 16.5. The van der Waals surface area contributed by atoms with Crippen molar-refractivity contribution in [3.63, 3.8) is 0 Å². The SMILES string of the molecule is CC.CN(C)C.COC1CCc2c(Oc3cccc(C=O)c3)cccc21. The zero-order chi connectivity index (χ0) is 19.5. The number of fused-ring (bicyclic) bond motifs is 1. The van der Waals surface area contributed by atoms with Gasteiger partial charge in [0.1, 0.15) is 17.8 Å². The van der Waals surface area contributed by atoms with Crippen molar-refractivity contribution in [3.05, 3.63) is 59.2 Å². The average Bonchev–Trinajstić information content (AvgIpc) is 3.07. The molecule has 0 aliphatic heterocycles. The first-order valence-corrected chi connectivity index (χ1v) is 9.03. The van der Waals surface area contributed by atoms with Crippen molar-refractivity contribution < 1.29 is 14.3 Å². The van der Waals surface area contributed by atoms with Crippen molar-refractivity contribution in [2.24, 2.45) is 0 Å². The summed E-state index contributed by atoms with van der Waals surface area (Å²) in [4.78, 5) is 12.8. The number of methoxy groups -OCH3 is 1. The lowest BCUT2D eigenvalue weighted by molar-refractivity contribution is 0.105. The Morgan fingerprint density at radius 2 is 1.73 bits per heavy atom. The first-order valence-electron chi connectivity index (χ1n) is 9.03. The molecule has 1 aliphatic rings. The van der Waals surface area contributed by atoms with Crippen molar-refractivity contribution >= 4 is 6.29 Å². The lowest BCUT2D eigenvalue weighted by Crippen LogP contribution is -1.99. The summed E-state index contributed by atoms with van der Waals surface area (Å²) in [6.07, 6.45) is 2.93. The van der Waals surface area contributed by atoms with Crippen molar-refractivity contribution in [2.45, 2.75) is 32.8 Å². The van der Waals surface area contributed by atoms with Gasteiger partial charge < -0.3 is 14.4 Å². The van der Waals surface area contributed by atoms with Gasteiger partial charge in [0.25, 0.3) is 0 Å².